The van der Waals surface area contributed by atoms with Gasteiger partial charge in [-0.3, -0.25) is 4.79 Å². The van der Waals surface area contributed by atoms with E-state index >= 15 is 0 Å². The van der Waals surface area contributed by atoms with Crippen LogP contribution < -0.4 is 4.74 Å². The molecule has 2 aromatic rings. The summed E-state index contributed by atoms with van der Waals surface area (Å²) < 4.78 is 5.39. The highest BCUT2D eigenvalue weighted by Crippen LogP contribution is 2.27. The maximum absolute atomic E-state index is 12.8. The largest absolute Gasteiger partial charge is 0.496 e. The third-order valence-electron chi connectivity index (χ3n) is 3.73. The van der Waals surface area contributed by atoms with Crippen molar-refractivity contribution in [1.29, 1.82) is 0 Å². The van der Waals surface area contributed by atoms with E-state index in [1.807, 2.05) is 50.2 Å². The fraction of sp³-hybridized carbons (Fsp3) is 0.316. The molecule has 0 radical (unpaired) electrons. The van der Waals surface area contributed by atoms with Gasteiger partial charge in [0.2, 0.25) is 0 Å². The molecule has 0 aliphatic rings. The molecule has 110 valence electrons. The Labute approximate surface area is 126 Å². The quantitative estimate of drug-likeness (QED) is 0.762. The number of carbonyl (C=O) groups excluding carboxylic acids is 1. The van der Waals surface area contributed by atoms with E-state index in [1.54, 1.807) is 7.11 Å². The second kappa shape index (κ2) is 6.13. The van der Waals surface area contributed by atoms with Crippen LogP contribution in [0.15, 0.2) is 36.4 Å². The van der Waals surface area contributed by atoms with Crippen LogP contribution in [0.2, 0.25) is 0 Å². The average molecular weight is 282 g/mol. The number of methoxy groups -OCH3 is 1. The minimum absolute atomic E-state index is 0.0136. The van der Waals surface area contributed by atoms with E-state index in [-0.39, 0.29) is 5.78 Å². The predicted octanol–water partition coefficient (Wildman–Crippen LogP) is 4.67. The minimum Gasteiger partial charge on any atom is -0.496 e. The highest BCUT2D eigenvalue weighted by molar-refractivity contribution is 6.11. The van der Waals surface area contributed by atoms with E-state index in [1.165, 1.54) is 5.56 Å². The molecule has 0 bridgehead atoms. The van der Waals surface area contributed by atoms with Crippen molar-refractivity contribution in [1.82, 2.24) is 0 Å². The monoisotopic (exact) mass is 282 g/mol. The number of carbonyl (C=O) groups is 1. The van der Waals surface area contributed by atoms with Gasteiger partial charge < -0.3 is 4.74 Å². The number of hydrogen-bond acceptors (Lipinski definition) is 2. The number of rotatable bonds is 4. The van der Waals surface area contributed by atoms with Crippen LogP contribution in [-0.4, -0.2) is 12.9 Å². The van der Waals surface area contributed by atoms with Gasteiger partial charge in [0.05, 0.1) is 12.7 Å². The zero-order chi connectivity index (χ0) is 15.6. The Morgan fingerprint density at radius 3 is 2.19 bits per heavy atom. The molecule has 2 nitrogen and oxygen atoms in total. The van der Waals surface area contributed by atoms with Crippen LogP contribution in [0.1, 0.15) is 52.4 Å². The molecule has 0 unspecified atom stereocenters. The van der Waals surface area contributed by atoms with Gasteiger partial charge >= 0.3 is 0 Å². The fourth-order valence-corrected chi connectivity index (χ4v) is 2.54. The number of ketones is 1. The summed E-state index contributed by atoms with van der Waals surface area (Å²) in [5.41, 5.74) is 4.63. The normalized spacial score (nSPS) is 10.8. The lowest BCUT2D eigenvalue weighted by Crippen LogP contribution is -2.07. The van der Waals surface area contributed by atoms with Crippen LogP contribution in [0.4, 0.5) is 0 Å². The number of aryl methyl sites for hydroxylation is 2. The van der Waals surface area contributed by atoms with Crippen LogP contribution >= 0.6 is 0 Å². The van der Waals surface area contributed by atoms with Crippen molar-refractivity contribution in [2.24, 2.45) is 0 Å². The first-order valence-corrected chi connectivity index (χ1v) is 7.24. The van der Waals surface area contributed by atoms with Crippen molar-refractivity contribution in [2.75, 3.05) is 7.11 Å². The minimum atomic E-state index is 0.0136. The summed E-state index contributed by atoms with van der Waals surface area (Å²) in [5.74, 6) is 1.12. The molecule has 2 rings (SSSR count). The summed E-state index contributed by atoms with van der Waals surface area (Å²) in [7, 11) is 1.60. The third kappa shape index (κ3) is 3.15. The maximum Gasteiger partial charge on any atom is 0.197 e. The molecule has 0 aromatic heterocycles. The first-order chi connectivity index (χ1) is 9.93. The first-order valence-electron chi connectivity index (χ1n) is 7.24. The Morgan fingerprint density at radius 1 is 1.05 bits per heavy atom. The van der Waals surface area contributed by atoms with E-state index in [9.17, 15) is 4.79 Å². The molecule has 0 heterocycles. The molecular formula is C19H22O2. The van der Waals surface area contributed by atoms with E-state index in [4.69, 9.17) is 4.74 Å². The molecule has 0 saturated carbocycles. The van der Waals surface area contributed by atoms with E-state index in [2.05, 4.69) is 13.8 Å². The third-order valence-corrected chi connectivity index (χ3v) is 3.73. The predicted molar refractivity (Wildman–Crippen MR) is 86.4 cm³/mol. The van der Waals surface area contributed by atoms with Gasteiger partial charge in [0.1, 0.15) is 5.75 Å². The lowest BCUT2D eigenvalue weighted by molar-refractivity contribution is 0.103. The summed E-state index contributed by atoms with van der Waals surface area (Å²) in [6.45, 7) is 8.24. The van der Waals surface area contributed by atoms with Crippen LogP contribution in [0.3, 0.4) is 0 Å². The molecular weight excluding hydrogens is 260 g/mol. The van der Waals surface area contributed by atoms with E-state index in [0.717, 1.165) is 11.1 Å². The summed E-state index contributed by atoms with van der Waals surface area (Å²) in [4.78, 5) is 12.8. The van der Waals surface area contributed by atoms with Gasteiger partial charge in [-0.2, -0.15) is 0 Å². The second-order valence-corrected chi connectivity index (χ2v) is 5.76. The maximum atomic E-state index is 12.8. The molecule has 0 amide bonds. The van der Waals surface area contributed by atoms with Gasteiger partial charge in [-0.05, 0) is 42.5 Å². The lowest BCUT2D eigenvalue weighted by atomic mass is 9.94. The van der Waals surface area contributed by atoms with E-state index in [0.29, 0.717) is 22.8 Å². The molecule has 2 aromatic carbocycles. The molecule has 0 spiro atoms. The Morgan fingerprint density at radius 2 is 1.67 bits per heavy atom. The van der Waals surface area contributed by atoms with Gasteiger partial charge in [-0.1, -0.05) is 44.2 Å². The molecule has 0 aliphatic heterocycles. The molecule has 0 atom stereocenters. The second-order valence-electron chi connectivity index (χ2n) is 5.76. The smallest absolute Gasteiger partial charge is 0.197 e. The topological polar surface area (TPSA) is 26.3 Å². The number of benzene rings is 2. The van der Waals surface area contributed by atoms with Gasteiger partial charge in [-0.15, -0.1) is 0 Å². The molecule has 0 aliphatic carbocycles. The Balaban J connectivity index is 2.45. The van der Waals surface area contributed by atoms with Crippen LogP contribution in [0.25, 0.3) is 0 Å². The van der Waals surface area contributed by atoms with Gasteiger partial charge in [0, 0.05) is 5.56 Å². The zero-order valence-electron chi connectivity index (χ0n) is 13.4. The van der Waals surface area contributed by atoms with Crippen LogP contribution in [-0.2, 0) is 0 Å². The number of hydrogen-bond donors (Lipinski definition) is 0. The Hall–Kier alpha value is -2.09. The Kier molecular flexibility index (Phi) is 4.46. The van der Waals surface area contributed by atoms with Crippen molar-refractivity contribution in [3.05, 3.63) is 64.2 Å². The van der Waals surface area contributed by atoms with Crippen LogP contribution in [0.5, 0.6) is 5.75 Å². The van der Waals surface area contributed by atoms with Gasteiger partial charge in [0.25, 0.3) is 0 Å². The molecule has 0 fully saturated rings. The SMILES string of the molecule is COc1cc(C)cc(C)c1C(=O)c1ccc(C(C)C)cc1. The van der Waals surface area contributed by atoms with Crippen molar-refractivity contribution < 1.29 is 9.53 Å². The average Bonchev–Trinajstić information content (AvgIpc) is 2.45. The Bertz CT molecular complexity index is 652. The van der Waals surface area contributed by atoms with Crippen LogP contribution in [0, 0.1) is 13.8 Å². The molecule has 21 heavy (non-hydrogen) atoms. The molecule has 2 heteroatoms. The van der Waals surface area contributed by atoms with Crippen molar-refractivity contribution in [3.8, 4) is 5.75 Å². The highest BCUT2D eigenvalue weighted by atomic mass is 16.5. The first kappa shape index (κ1) is 15.3. The standard InChI is InChI=1S/C19H22O2/c1-12(2)15-6-8-16(9-7-15)19(20)18-14(4)10-13(3)11-17(18)21-5/h6-12H,1-5H3. The van der Waals surface area contributed by atoms with Crippen molar-refractivity contribution >= 4 is 5.78 Å². The fourth-order valence-electron chi connectivity index (χ4n) is 2.54. The molecule has 0 saturated heterocycles. The zero-order valence-corrected chi connectivity index (χ0v) is 13.4. The summed E-state index contributed by atoms with van der Waals surface area (Å²) >= 11 is 0. The van der Waals surface area contributed by atoms with Gasteiger partial charge in [0.15, 0.2) is 5.78 Å². The lowest BCUT2D eigenvalue weighted by Gasteiger charge is -2.13. The number of ether oxygens (including phenoxy) is 1. The van der Waals surface area contributed by atoms with Gasteiger partial charge in [-0.25, -0.2) is 0 Å². The molecule has 0 N–H and O–H groups in total. The van der Waals surface area contributed by atoms with E-state index < -0.39 is 0 Å². The summed E-state index contributed by atoms with van der Waals surface area (Å²) in [6.07, 6.45) is 0. The van der Waals surface area contributed by atoms with Crippen molar-refractivity contribution in [3.63, 3.8) is 0 Å². The summed E-state index contributed by atoms with van der Waals surface area (Å²) in [5, 5.41) is 0. The summed E-state index contributed by atoms with van der Waals surface area (Å²) in [6, 6.07) is 11.8. The van der Waals surface area contributed by atoms with Crippen molar-refractivity contribution in [2.45, 2.75) is 33.6 Å². The highest BCUT2D eigenvalue weighted by Gasteiger charge is 2.17.